The van der Waals surface area contributed by atoms with Gasteiger partial charge in [-0.3, -0.25) is 0 Å². The van der Waals surface area contributed by atoms with Crippen LogP contribution in [0.5, 0.6) is 0 Å². The molecule has 1 unspecified atom stereocenters. The monoisotopic (exact) mass is 221 g/mol. The van der Waals surface area contributed by atoms with E-state index < -0.39 is 17.7 Å². The average molecular weight is 222 g/mol. The molecule has 0 bridgehead atoms. The maximum atomic E-state index is 13.0. The molecule has 78 valence electrons. The molecule has 1 aromatic rings. The largest absolute Gasteiger partial charge is 0.396 e. The van der Waals surface area contributed by atoms with Gasteiger partial charge in [0.05, 0.1) is 5.02 Å². The molecule has 1 aromatic carbocycles. The number of hydrogen-bond acceptors (Lipinski definition) is 2. The van der Waals surface area contributed by atoms with E-state index in [1.54, 1.807) is 0 Å². The van der Waals surface area contributed by atoms with E-state index in [1.807, 2.05) is 0 Å². The summed E-state index contributed by atoms with van der Waals surface area (Å²) in [6.07, 6.45) is 0.211. The molecule has 0 saturated carbocycles. The second kappa shape index (κ2) is 4.68. The number of rotatable bonds is 3. The summed E-state index contributed by atoms with van der Waals surface area (Å²) in [5, 5.41) is 8.43. The van der Waals surface area contributed by atoms with Crippen LogP contribution in [-0.4, -0.2) is 11.7 Å². The minimum Gasteiger partial charge on any atom is -0.396 e. The molecular formula is C9H10ClF2NO. The predicted octanol–water partition coefficient (Wildman–Crippen LogP) is 2.00. The van der Waals surface area contributed by atoms with Crippen LogP contribution in [0.15, 0.2) is 12.1 Å². The van der Waals surface area contributed by atoms with E-state index in [1.165, 1.54) is 0 Å². The zero-order valence-corrected chi connectivity index (χ0v) is 8.06. The highest BCUT2D eigenvalue weighted by atomic mass is 35.5. The number of nitrogens with two attached hydrogens (primary N) is 1. The van der Waals surface area contributed by atoms with Crippen LogP contribution in [0, 0.1) is 11.6 Å². The summed E-state index contributed by atoms with van der Waals surface area (Å²) >= 11 is 5.59. The van der Waals surface area contributed by atoms with Gasteiger partial charge in [0, 0.05) is 18.7 Å². The number of halogens is 3. The Balaban J connectivity index is 3.07. The molecule has 0 saturated heterocycles. The molecule has 3 N–H and O–H groups in total. The van der Waals surface area contributed by atoms with E-state index in [9.17, 15) is 8.78 Å². The molecule has 0 amide bonds. The molecule has 0 radical (unpaired) electrons. The average Bonchev–Trinajstić information content (AvgIpc) is 2.11. The molecule has 0 spiro atoms. The van der Waals surface area contributed by atoms with Gasteiger partial charge in [-0.25, -0.2) is 8.78 Å². The minimum atomic E-state index is -0.838. The Morgan fingerprint density at radius 3 is 2.64 bits per heavy atom. The van der Waals surface area contributed by atoms with Gasteiger partial charge in [-0.05, 0) is 18.1 Å². The lowest BCUT2D eigenvalue weighted by atomic mass is 10.0. The molecule has 0 aromatic heterocycles. The Morgan fingerprint density at radius 2 is 2.07 bits per heavy atom. The van der Waals surface area contributed by atoms with Gasteiger partial charge in [0.2, 0.25) is 0 Å². The van der Waals surface area contributed by atoms with Crippen molar-refractivity contribution in [3.63, 3.8) is 0 Å². The lowest BCUT2D eigenvalue weighted by Crippen LogP contribution is -2.13. The Labute approximate surface area is 85.3 Å². The standard InChI is InChI=1S/C9H10ClF2NO/c10-9-6(8(13)1-2-14)3-5(11)4-7(9)12/h3-4,8,14H,1-2,13H2. The van der Waals surface area contributed by atoms with Gasteiger partial charge in [0.15, 0.2) is 0 Å². The van der Waals surface area contributed by atoms with E-state index in [4.69, 9.17) is 22.4 Å². The topological polar surface area (TPSA) is 46.2 Å². The van der Waals surface area contributed by atoms with Crippen molar-refractivity contribution in [2.24, 2.45) is 5.73 Å². The van der Waals surface area contributed by atoms with Crippen molar-refractivity contribution in [3.8, 4) is 0 Å². The number of hydrogen-bond donors (Lipinski definition) is 2. The summed E-state index contributed by atoms with van der Waals surface area (Å²) in [4.78, 5) is 0. The molecule has 0 aliphatic rings. The third-order valence-corrected chi connectivity index (χ3v) is 2.26. The van der Waals surface area contributed by atoms with Crippen molar-refractivity contribution < 1.29 is 13.9 Å². The third-order valence-electron chi connectivity index (χ3n) is 1.86. The fraction of sp³-hybridized carbons (Fsp3) is 0.333. The highest BCUT2D eigenvalue weighted by Crippen LogP contribution is 2.27. The second-order valence-corrected chi connectivity index (χ2v) is 3.29. The normalized spacial score (nSPS) is 12.9. The highest BCUT2D eigenvalue weighted by Gasteiger charge is 2.14. The Bertz CT molecular complexity index is 333. The number of aliphatic hydroxyl groups excluding tert-OH is 1. The summed E-state index contributed by atoms with van der Waals surface area (Å²) in [5.74, 6) is -1.56. The van der Waals surface area contributed by atoms with Gasteiger partial charge in [0.1, 0.15) is 11.6 Å². The summed E-state index contributed by atoms with van der Waals surface area (Å²) in [6, 6.07) is 1.11. The maximum absolute atomic E-state index is 13.0. The van der Waals surface area contributed by atoms with Crippen molar-refractivity contribution in [1.82, 2.24) is 0 Å². The molecule has 14 heavy (non-hydrogen) atoms. The highest BCUT2D eigenvalue weighted by molar-refractivity contribution is 6.31. The van der Waals surface area contributed by atoms with E-state index in [0.29, 0.717) is 6.07 Å². The van der Waals surface area contributed by atoms with Crippen molar-refractivity contribution in [2.45, 2.75) is 12.5 Å². The SMILES string of the molecule is NC(CCO)c1cc(F)cc(F)c1Cl. The minimum absolute atomic E-state index is 0.157. The summed E-state index contributed by atoms with van der Waals surface area (Å²) < 4.78 is 25.7. The lowest BCUT2D eigenvalue weighted by Gasteiger charge is -2.12. The molecular weight excluding hydrogens is 212 g/mol. The van der Waals surface area contributed by atoms with Gasteiger partial charge >= 0.3 is 0 Å². The first-order valence-corrected chi connectivity index (χ1v) is 4.45. The van der Waals surface area contributed by atoms with E-state index in [-0.39, 0.29) is 23.6 Å². The molecule has 1 rings (SSSR count). The quantitative estimate of drug-likeness (QED) is 0.767. The first-order chi connectivity index (χ1) is 6.56. The third kappa shape index (κ3) is 2.41. The fourth-order valence-electron chi connectivity index (χ4n) is 1.14. The van der Waals surface area contributed by atoms with Gasteiger partial charge in [0.25, 0.3) is 0 Å². The van der Waals surface area contributed by atoms with Crippen LogP contribution in [-0.2, 0) is 0 Å². The lowest BCUT2D eigenvalue weighted by molar-refractivity contribution is 0.276. The number of aliphatic hydroxyl groups is 1. The predicted molar refractivity (Wildman–Crippen MR) is 50.0 cm³/mol. The Morgan fingerprint density at radius 1 is 1.43 bits per heavy atom. The first kappa shape index (κ1) is 11.4. The van der Waals surface area contributed by atoms with Crippen molar-refractivity contribution in [1.29, 1.82) is 0 Å². The Kier molecular flexibility index (Phi) is 3.80. The van der Waals surface area contributed by atoms with Crippen LogP contribution >= 0.6 is 11.6 Å². The van der Waals surface area contributed by atoms with Crippen LogP contribution in [0.25, 0.3) is 0 Å². The van der Waals surface area contributed by atoms with E-state index in [0.717, 1.165) is 6.07 Å². The molecule has 5 heteroatoms. The van der Waals surface area contributed by atoms with Crippen molar-refractivity contribution >= 4 is 11.6 Å². The first-order valence-electron chi connectivity index (χ1n) is 4.07. The second-order valence-electron chi connectivity index (χ2n) is 2.91. The summed E-state index contributed by atoms with van der Waals surface area (Å²) in [6.45, 7) is -0.157. The fourth-order valence-corrected chi connectivity index (χ4v) is 1.39. The van der Waals surface area contributed by atoms with Crippen LogP contribution in [0.3, 0.4) is 0 Å². The van der Waals surface area contributed by atoms with Crippen LogP contribution in [0.2, 0.25) is 5.02 Å². The van der Waals surface area contributed by atoms with Gasteiger partial charge in [-0.2, -0.15) is 0 Å². The van der Waals surface area contributed by atoms with E-state index in [2.05, 4.69) is 0 Å². The smallest absolute Gasteiger partial charge is 0.145 e. The van der Waals surface area contributed by atoms with Crippen LogP contribution < -0.4 is 5.73 Å². The maximum Gasteiger partial charge on any atom is 0.145 e. The summed E-state index contributed by atoms with van der Waals surface area (Å²) in [5.41, 5.74) is 5.75. The van der Waals surface area contributed by atoms with Gasteiger partial charge < -0.3 is 10.8 Å². The Hall–Kier alpha value is -0.710. The molecule has 0 aliphatic carbocycles. The molecule has 1 atom stereocenters. The zero-order chi connectivity index (χ0) is 10.7. The zero-order valence-electron chi connectivity index (χ0n) is 7.30. The molecule has 0 heterocycles. The van der Waals surface area contributed by atoms with Crippen LogP contribution in [0.4, 0.5) is 8.78 Å². The van der Waals surface area contributed by atoms with Crippen molar-refractivity contribution in [2.75, 3.05) is 6.61 Å². The molecule has 0 aliphatic heterocycles. The number of benzene rings is 1. The van der Waals surface area contributed by atoms with Gasteiger partial charge in [-0.15, -0.1) is 0 Å². The summed E-state index contributed by atoms with van der Waals surface area (Å²) in [7, 11) is 0. The van der Waals surface area contributed by atoms with Crippen molar-refractivity contribution in [3.05, 3.63) is 34.4 Å². The molecule has 0 fully saturated rings. The molecule has 2 nitrogen and oxygen atoms in total. The van der Waals surface area contributed by atoms with Crippen LogP contribution in [0.1, 0.15) is 18.0 Å². The van der Waals surface area contributed by atoms with Gasteiger partial charge in [-0.1, -0.05) is 11.6 Å². The van der Waals surface area contributed by atoms with E-state index >= 15 is 0 Å².